The van der Waals surface area contributed by atoms with E-state index in [0.717, 1.165) is 22.2 Å². The van der Waals surface area contributed by atoms with Crippen molar-refractivity contribution in [3.8, 4) is 11.3 Å². The molecule has 0 saturated heterocycles. The summed E-state index contributed by atoms with van der Waals surface area (Å²) in [7, 11) is 2.00. The highest BCUT2D eigenvalue weighted by Gasteiger charge is 2.12. The van der Waals surface area contributed by atoms with Crippen molar-refractivity contribution in [3.05, 3.63) is 40.8 Å². The van der Waals surface area contributed by atoms with Gasteiger partial charge in [0.15, 0.2) is 0 Å². The molecule has 0 bridgehead atoms. The minimum Gasteiger partial charge on any atom is -0.337 e. The van der Waals surface area contributed by atoms with Gasteiger partial charge >= 0.3 is 0 Å². The van der Waals surface area contributed by atoms with Crippen LogP contribution in [-0.4, -0.2) is 16.1 Å². The van der Waals surface area contributed by atoms with Crippen molar-refractivity contribution >= 4 is 15.9 Å². The molecule has 1 aromatic carbocycles. The van der Waals surface area contributed by atoms with Crippen molar-refractivity contribution in [2.45, 2.75) is 6.42 Å². The zero-order valence-corrected chi connectivity index (χ0v) is 10.7. The second-order valence-corrected chi connectivity index (χ2v) is 4.52. The van der Waals surface area contributed by atoms with Gasteiger partial charge in [-0.15, -0.1) is 0 Å². The molecule has 0 aliphatic heterocycles. The summed E-state index contributed by atoms with van der Waals surface area (Å²) < 4.78 is 3.09. The minimum atomic E-state index is 0.636. The fourth-order valence-electron chi connectivity index (χ4n) is 1.77. The molecule has 2 N–H and O–H groups in total. The monoisotopic (exact) mass is 279 g/mol. The molecule has 84 valence electrons. The number of hydrogen-bond acceptors (Lipinski definition) is 2. The second kappa shape index (κ2) is 4.80. The predicted molar refractivity (Wildman–Crippen MR) is 69.1 cm³/mol. The lowest BCUT2D eigenvalue weighted by molar-refractivity contribution is 0.805. The van der Waals surface area contributed by atoms with Crippen molar-refractivity contribution in [2.75, 3.05) is 6.54 Å². The molecular formula is C12H14BrN3. The van der Waals surface area contributed by atoms with Crippen molar-refractivity contribution < 1.29 is 0 Å². The number of halogens is 1. The van der Waals surface area contributed by atoms with Crippen LogP contribution in [0.3, 0.4) is 0 Å². The van der Waals surface area contributed by atoms with Crippen molar-refractivity contribution in [3.63, 3.8) is 0 Å². The first-order chi connectivity index (χ1) is 7.74. The lowest BCUT2D eigenvalue weighted by atomic mass is 10.1. The molecule has 16 heavy (non-hydrogen) atoms. The largest absolute Gasteiger partial charge is 0.337 e. The standard InChI is InChI=1S/C12H14BrN3/c1-16-8-15-12(11(16)6-7-14)9-4-2-3-5-10(9)13/h2-5,8H,6-7,14H2,1H3. The number of nitrogens with zero attached hydrogens (tertiary/aromatic N) is 2. The van der Waals surface area contributed by atoms with Gasteiger partial charge in [-0.3, -0.25) is 0 Å². The highest BCUT2D eigenvalue weighted by molar-refractivity contribution is 9.10. The number of rotatable bonds is 3. The van der Waals surface area contributed by atoms with E-state index in [1.807, 2.05) is 36.1 Å². The smallest absolute Gasteiger partial charge is 0.0953 e. The average molecular weight is 280 g/mol. The Bertz CT molecular complexity index is 491. The van der Waals surface area contributed by atoms with Gasteiger partial charge in [-0.25, -0.2) is 4.98 Å². The van der Waals surface area contributed by atoms with Crippen LogP contribution in [0.25, 0.3) is 11.3 Å². The average Bonchev–Trinajstić information content (AvgIpc) is 2.62. The third kappa shape index (κ3) is 2.03. The molecular weight excluding hydrogens is 266 g/mol. The van der Waals surface area contributed by atoms with E-state index in [9.17, 15) is 0 Å². The number of benzene rings is 1. The molecule has 0 atom stereocenters. The summed E-state index contributed by atoms with van der Waals surface area (Å²) in [5.41, 5.74) is 8.93. The zero-order chi connectivity index (χ0) is 11.5. The summed E-state index contributed by atoms with van der Waals surface area (Å²) in [6.45, 7) is 0.636. The van der Waals surface area contributed by atoms with E-state index in [0.29, 0.717) is 6.54 Å². The molecule has 0 fully saturated rings. The van der Waals surface area contributed by atoms with E-state index in [2.05, 4.69) is 27.0 Å². The first-order valence-electron chi connectivity index (χ1n) is 5.19. The van der Waals surface area contributed by atoms with Gasteiger partial charge in [-0.1, -0.05) is 34.1 Å². The Balaban J connectivity index is 2.52. The Morgan fingerprint density at radius 2 is 2.12 bits per heavy atom. The number of hydrogen-bond donors (Lipinski definition) is 1. The Morgan fingerprint density at radius 3 is 2.81 bits per heavy atom. The summed E-state index contributed by atoms with van der Waals surface area (Å²) in [5, 5.41) is 0. The number of aryl methyl sites for hydroxylation is 1. The maximum absolute atomic E-state index is 5.62. The maximum atomic E-state index is 5.62. The molecule has 3 nitrogen and oxygen atoms in total. The summed E-state index contributed by atoms with van der Waals surface area (Å²) >= 11 is 3.55. The molecule has 1 aromatic heterocycles. The van der Waals surface area contributed by atoms with E-state index in [-0.39, 0.29) is 0 Å². The van der Waals surface area contributed by atoms with Crippen LogP contribution in [0.1, 0.15) is 5.69 Å². The van der Waals surface area contributed by atoms with E-state index in [4.69, 9.17) is 5.73 Å². The molecule has 0 saturated carbocycles. The molecule has 1 heterocycles. The molecule has 0 unspecified atom stereocenters. The first kappa shape index (κ1) is 11.4. The van der Waals surface area contributed by atoms with Crippen LogP contribution < -0.4 is 5.73 Å². The van der Waals surface area contributed by atoms with Crippen LogP contribution in [0.5, 0.6) is 0 Å². The topological polar surface area (TPSA) is 43.8 Å². The molecule has 2 aromatic rings. The van der Waals surface area contributed by atoms with Crippen molar-refractivity contribution in [1.82, 2.24) is 9.55 Å². The zero-order valence-electron chi connectivity index (χ0n) is 9.15. The maximum Gasteiger partial charge on any atom is 0.0953 e. The highest BCUT2D eigenvalue weighted by Crippen LogP contribution is 2.29. The van der Waals surface area contributed by atoms with Crippen LogP contribution in [0, 0.1) is 0 Å². The number of nitrogens with two attached hydrogens (primary N) is 1. The summed E-state index contributed by atoms with van der Waals surface area (Å²) in [5.74, 6) is 0. The Morgan fingerprint density at radius 1 is 1.38 bits per heavy atom. The van der Waals surface area contributed by atoms with E-state index in [1.165, 1.54) is 5.69 Å². The Kier molecular flexibility index (Phi) is 3.41. The SMILES string of the molecule is Cn1cnc(-c2ccccc2Br)c1CCN. The van der Waals surface area contributed by atoms with Gasteiger partial charge in [-0.2, -0.15) is 0 Å². The molecule has 0 amide bonds. The quantitative estimate of drug-likeness (QED) is 0.938. The molecule has 4 heteroatoms. The molecule has 0 aliphatic carbocycles. The third-order valence-corrected chi connectivity index (χ3v) is 3.26. The Hall–Kier alpha value is -1.13. The van der Waals surface area contributed by atoms with Crippen LogP contribution in [-0.2, 0) is 13.5 Å². The van der Waals surface area contributed by atoms with E-state index in [1.54, 1.807) is 0 Å². The predicted octanol–water partition coefficient (Wildman–Crippen LogP) is 2.35. The lowest BCUT2D eigenvalue weighted by Gasteiger charge is -2.06. The van der Waals surface area contributed by atoms with Crippen LogP contribution in [0.15, 0.2) is 35.1 Å². The van der Waals surface area contributed by atoms with Gasteiger partial charge < -0.3 is 10.3 Å². The van der Waals surface area contributed by atoms with Gasteiger partial charge in [0.25, 0.3) is 0 Å². The Labute approximate surface area is 103 Å². The summed E-state index contributed by atoms with van der Waals surface area (Å²) in [6.07, 6.45) is 2.67. The summed E-state index contributed by atoms with van der Waals surface area (Å²) in [6, 6.07) is 8.10. The van der Waals surface area contributed by atoms with Crippen LogP contribution in [0.4, 0.5) is 0 Å². The fraction of sp³-hybridized carbons (Fsp3) is 0.250. The molecule has 0 spiro atoms. The van der Waals surface area contributed by atoms with Crippen molar-refractivity contribution in [2.24, 2.45) is 12.8 Å². The fourth-order valence-corrected chi connectivity index (χ4v) is 2.24. The van der Waals surface area contributed by atoms with Gasteiger partial charge in [0, 0.05) is 29.2 Å². The first-order valence-corrected chi connectivity index (χ1v) is 5.98. The normalized spacial score (nSPS) is 10.7. The van der Waals surface area contributed by atoms with Gasteiger partial charge in [0.2, 0.25) is 0 Å². The molecule has 0 aliphatic rings. The lowest BCUT2D eigenvalue weighted by Crippen LogP contribution is -2.07. The van der Waals surface area contributed by atoms with Gasteiger partial charge in [0.05, 0.1) is 12.0 Å². The number of aromatic nitrogens is 2. The van der Waals surface area contributed by atoms with Crippen molar-refractivity contribution in [1.29, 1.82) is 0 Å². The molecule has 2 rings (SSSR count). The van der Waals surface area contributed by atoms with Crippen LogP contribution in [0.2, 0.25) is 0 Å². The van der Waals surface area contributed by atoms with E-state index < -0.39 is 0 Å². The van der Waals surface area contributed by atoms with E-state index >= 15 is 0 Å². The molecule has 0 radical (unpaired) electrons. The third-order valence-electron chi connectivity index (χ3n) is 2.57. The summed E-state index contributed by atoms with van der Waals surface area (Å²) in [4.78, 5) is 4.44. The highest BCUT2D eigenvalue weighted by atomic mass is 79.9. The number of imidazole rings is 1. The van der Waals surface area contributed by atoms with Gasteiger partial charge in [0.1, 0.15) is 0 Å². The minimum absolute atomic E-state index is 0.636. The van der Waals surface area contributed by atoms with Gasteiger partial charge in [-0.05, 0) is 12.6 Å². The second-order valence-electron chi connectivity index (χ2n) is 3.67. The van der Waals surface area contributed by atoms with Crippen LogP contribution >= 0.6 is 15.9 Å².